The lowest BCUT2D eigenvalue weighted by molar-refractivity contribution is 0.220. The van der Waals surface area contributed by atoms with Crippen LogP contribution in [-0.4, -0.2) is 30.0 Å². The number of halogens is 1. The highest BCUT2D eigenvalue weighted by Gasteiger charge is 2.20. The number of rotatable bonds is 6. The molecule has 1 saturated carbocycles. The average molecular weight is 515 g/mol. The van der Waals surface area contributed by atoms with E-state index in [0.717, 1.165) is 36.6 Å². The third-order valence-corrected chi connectivity index (χ3v) is 9.24. The number of hydrogen-bond donors (Lipinski definition) is 0. The van der Waals surface area contributed by atoms with E-state index in [2.05, 4.69) is 54.5 Å². The maximum Gasteiger partial charge on any atom is 0.0512 e. The van der Waals surface area contributed by atoms with E-state index in [0.29, 0.717) is 5.92 Å². The summed E-state index contributed by atoms with van der Waals surface area (Å²) in [5.74, 6) is 1.45. The SMILES string of the molecule is CN1CCC(CC=C2CCCC(c3nccc4c3=CC=C(CCc3ccccc3Cl)CCC=4)CC2)CC1. The van der Waals surface area contributed by atoms with E-state index in [1.807, 2.05) is 18.3 Å². The Bertz CT molecular complexity index is 1230. The van der Waals surface area contributed by atoms with Crippen LogP contribution in [0.4, 0.5) is 0 Å². The molecule has 196 valence electrons. The van der Waals surface area contributed by atoms with Crippen molar-refractivity contribution in [3.8, 4) is 0 Å². The van der Waals surface area contributed by atoms with Crippen LogP contribution in [0.3, 0.4) is 0 Å². The average Bonchev–Trinajstić information content (AvgIpc) is 3.15. The second kappa shape index (κ2) is 13.1. The zero-order valence-electron chi connectivity index (χ0n) is 22.6. The van der Waals surface area contributed by atoms with E-state index in [1.165, 1.54) is 91.7 Å². The molecule has 2 heterocycles. The van der Waals surface area contributed by atoms with Gasteiger partial charge in [0.25, 0.3) is 0 Å². The van der Waals surface area contributed by atoms with E-state index in [4.69, 9.17) is 16.6 Å². The summed E-state index contributed by atoms with van der Waals surface area (Å²) >= 11 is 6.41. The summed E-state index contributed by atoms with van der Waals surface area (Å²) in [6, 6.07) is 10.5. The number of hydrogen-bond acceptors (Lipinski definition) is 2. The van der Waals surface area contributed by atoms with Crippen molar-refractivity contribution in [2.45, 2.75) is 83.0 Å². The molecule has 1 aromatic heterocycles. The molecule has 1 aliphatic heterocycles. The number of piperidine rings is 1. The minimum Gasteiger partial charge on any atom is -0.306 e. The molecule has 0 bridgehead atoms. The summed E-state index contributed by atoms with van der Waals surface area (Å²) in [5, 5.41) is 3.62. The lowest BCUT2D eigenvalue weighted by Gasteiger charge is -2.28. The quantitative estimate of drug-likeness (QED) is 0.296. The van der Waals surface area contributed by atoms with Gasteiger partial charge in [0.05, 0.1) is 5.69 Å². The van der Waals surface area contributed by atoms with Gasteiger partial charge in [-0.25, -0.2) is 0 Å². The Balaban J connectivity index is 1.28. The Kier molecular flexibility index (Phi) is 9.34. The van der Waals surface area contributed by atoms with Crippen molar-refractivity contribution in [3.05, 3.63) is 86.5 Å². The number of aryl methyl sites for hydroxylation is 1. The van der Waals surface area contributed by atoms with E-state index < -0.39 is 0 Å². The van der Waals surface area contributed by atoms with Crippen molar-refractivity contribution in [2.75, 3.05) is 20.1 Å². The molecule has 2 aliphatic carbocycles. The van der Waals surface area contributed by atoms with Crippen molar-refractivity contribution in [3.63, 3.8) is 0 Å². The molecule has 2 fully saturated rings. The molecule has 0 N–H and O–H groups in total. The number of nitrogens with zero attached hydrogens (tertiary/aromatic N) is 2. The molecular weight excluding hydrogens is 472 g/mol. The van der Waals surface area contributed by atoms with Crippen molar-refractivity contribution >= 4 is 23.8 Å². The minimum atomic E-state index is 0.563. The van der Waals surface area contributed by atoms with Gasteiger partial charge in [0.15, 0.2) is 0 Å². The van der Waals surface area contributed by atoms with E-state index in [9.17, 15) is 0 Å². The number of fused-ring (bicyclic) bond motifs is 1. The smallest absolute Gasteiger partial charge is 0.0512 e. The van der Waals surface area contributed by atoms with Gasteiger partial charge in [-0.05, 0) is 126 Å². The fourth-order valence-electron chi connectivity index (χ4n) is 6.41. The standard InChI is InChI=1S/C34H43ClN2/c1-37-24-21-28(22-25-37)13-12-26-7-5-10-31(18-15-26)34-32-19-16-27(6-4-9-29(32)20-23-36-34)14-17-30-8-2-3-11-33(30)35/h2-3,8-9,11-12,16,19-20,23,28,31H,4-7,10,13-15,17-18,21-22,24-25H2,1H3. The monoisotopic (exact) mass is 514 g/mol. The third kappa shape index (κ3) is 7.24. The van der Waals surface area contributed by atoms with Gasteiger partial charge >= 0.3 is 0 Å². The third-order valence-electron chi connectivity index (χ3n) is 8.87. The number of pyridine rings is 1. The fraction of sp³-hybridized carbons (Fsp3) is 0.500. The number of likely N-dealkylation sites (tertiary alicyclic amines) is 1. The molecule has 37 heavy (non-hydrogen) atoms. The second-order valence-electron chi connectivity index (χ2n) is 11.5. The predicted octanol–water partition coefficient (Wildman–Crippen LogP) is 7.36. The van der Waals surface area contributed by atoms with Crippen LogP contribution in [0, 0.1) is 5.92 Å². The van der Waals surface area contributed by atoms with Crippen LogP contribution in [-0.2, 0) is 6.42 Å². The van der Waals surface area contributed by atoms with Gasteiger partial charge in [0.2, 0.25) is 0 Å². The number of aromatic nitrogens is 1. The van der Waals surface area contributed by atoms with Crippen LogP contribution in [0.2, 0.25) is 5.02 Å². The van der Waals surface area contributed by atoms with Crippen LogP contribution >= 0.6 is 11.6 Å². The molecule has 1 aromatic carbocycles. The summed E-state index contributed by atoms with van der Waals surface area (Å²) in [4.78, 5) is 7.46. The topological polar surface area (TPSA) is 16.1 Å². The molecule has 1 atom stereocenters. The number of allylic oxidation sites excluding steroid dienone is 4. The van der Waals surface area contributed by atoms with Crippen molar-refractivity contribution in [1.82, 2.24) is 9.88 Å². The molecule has 3 aliphatic rings. The Labute approximate surface area is 228 Å². The summed E-state index contributed by atoms with van der Waals surface area (Å²) in [7, 11) is 2.26. The zero-order valence-corrected chi connectivity index (χ0v) is 23.4. The Morgan fingerprint density at radius 3 is 2.70 bits per heavy atom. The van der Waals surface area contributed by atoms with Crippen molar-refractivity contribution < 1.29 is 0 Å². The summed E-state index contributed by atoms with van der Waals surface area (Å²) in [6.07, 6.45) is 26.4. The van der Waals surface area contributed by atoms with Crippen LogP contribution in [0.5, 0.6) is 0 Å². The summed E-state index contributed by atoms with van der Waals surface area (Å²) in [6.45, 7) is 2.54. The second-order valence-corrected chi connectivity index (χ2v) is 11.9. The first-order valence-corrected chi connectivity index (χ1v) is 15.0. The molecule has 5 rings (SSSR count). The largest absolute Gasteiger partial charge is 0.306 e. The van der Waals surface area contributed by atoms with Gasteiger partial charge in [0, 0.05) is 22.4 Å². The van der Waals surface area contributed by atoms with Gasteiger partial charge in [0.1, 0.15) is 0 Å². The van der Waals surface area contributed by atoms with E-state index >= 15 is 0 Å². The first-order valence-electron chi connectivity index (χ1n) is 14.6. The molecule has 1 unspecified atom stereocenters. The minimum absolute atomic E-state index is 0.563. The molecule has 0 spiro atoms. The van der Waals surface area contributed by atoms with Crippen LogP contribution in [0.15, 0.2) is 59.8 Å². The van der Waals surface area contributed by atoms with Gasteiger partial charge in [-0.1, -0.05) is 65.3 Å². The zero-order chi connectivity index (χ0) is 25.5. The van der Waals surface area contributed by atoms with Gasteiger partial charge in [-0.3, -0.25) is 4.98 Å². The molecule has 3 heteroatoms. The molecule has 2 aromatic rings. The highest BCUT2D eigenvalue weighted by molar-refractivity contribution is 6.31. The normalized spacial score (nSPS) is 22.7. The van der Waals surface area contributed by atoms with Gasteiger partial charge in [-0.2, -0.15) is 0 Å². The highest BCUT2D eigenvalue weighted by atomic mass is 35.5. The van der Waals surface area contributed by atoms with Gasteiger partial charge in [-0.15, -0.1) is 0 Å². The van der Waals surface area contributed by atoms with E-state index in [1.54, 1.807) is 5.57 Å². The van der Waals surface area contributed by atoms with Crippen LogP contribution in [0.1, 0.15) is 87.8 Å². The Morgan fingerprint density at radius 2 is 1.84 bits per heavy atom. The Hall–Kier alpha value is -2.16. The summed E-state index contributed by atoms with van der Waals surface area (Å²) < 4.78 is 0. The molecule has 2 nitrogen and oxygen atoms in total. The molecule has 1 saturated heterocycles. The van der Waals surface area contributed by atoms with Crippen LogP contribution in [0.25, 0.3) is 12.2 Å². The number of benzene rings is 1. The lowest BCUT2D eigenvalue weighted by atomic mass is 9.91. The maximum atomic E-state index is 6.41. The fourth-order valence-corrected chi connectivity index (χ4v) is 6.64. The van der Waals surface area contributed by atoms with Crippen LogP contribution < -0.4 is 10.4 Å². The van der Waals surface area contributed by atoms with Gasteiger partial charge < -0.3 is 4.90 Å². The molecular formula is C34H43ClN2. The Morgan fingerprint density at radius 1 is 0.973 bits per heavy atom. The first-order chi connectivity index (χ1) is 18.2. The van der Waals surface area contributed by atoms with E-state index in [-0.39, 0.29) is 0 Å². The van der Waals surface area contributed by atoms with Crippen molar-refractivity contribution in [1.29, 1.82) is 0 Å². The first kappa shape index (κ1) is 26.4. The summed E-state index contributed by atoms with van der Waals surface area (Å²) in [5.41, 5.74) is 5.79. The predicted molar refractivity (Wildman–Crippen MR) is 158 cm³/mol. The highest BCUT2D eigenvalue weighted by Crippen LogP contribution is 2.33. The van der Waals surface area contributed by atoms with Crippen molar-refractivity contribution in [2.24, 2.45) is 5.92 Å². The molecule has 0 amide bonds. The lowest BCUT2D eigenvalue weighted by Crippen LogP contribution is -2.31. The maximum absolute atomic E-state index is 6.41. The molecule has 0 radical (unpaired) electrons.